The van der Waals surface area contributed by atoms with Gasteiger partial charge in [0.25, 0.3) is 0 Å². The second-order valence-electron chi connectivity index (χ2n) is 6.11. The molecule has 27 heavy (non-hydrogen) atoms. The van der Waals surface area contributed by atoms with Gasteiger partial charge in [0.1, 0.15) is 11.5 Å². The van der Waals surface area contributed by atoms with E-state index >= 15 is 0 Å². The van der Waals surface area contributed by atoms with E-state index in [0.29, 0.717) is 30.3 Å². The Morgan fingerprint density at radius 2 is 1.74 bits per heavy atom. The number of nitrogens with one attached hydrogen (secondary N) is 1. The molecule has 6 nitrogen and oxygen atoms in total. The van der Waals surface area contributed by atoms with Crippen LogP contribution in [-0.2, 0) is 16.0 Å². The number of ether oxygens (including phenoxy) is 2. The molecular formula is C21H26N2O4. The molecule has 0 radical (unpaired) electrons. The molecule has 2 rings (SSSR count). The van der Waals surface area contributed by atoms with E-state index in [-0.39, 0.29) is 18.2 Å². The van der Waals surface area contributed by atoms with Crippen molar-refractivity contribution >= 4 is 17.5 Å². The van der Waals surface area contributed by atoms with Crippen molar-refractivity contribution in [1.82, 2.24) is 4.90 Å². The maximum atomic E-state index is 12.3. The lowest BCUT2D eigenvalue weighted by Gasteiger charge is -2.21. The fourth-order valence-corrected chi connectivity index (χ4v) is 2.69. The summed E-state index contributed by atoms with van der Waals surface area (Å²) in [5, 5.41) is 2.82. The van der Waals surface area contributed by atoms with Crippen molar-refractivity contribution in [3.05, 3.63) is 54.1 Å². The molecule has 2 amide bonds. The number of hydrogen-bond acceptors (Lipinski definition) is 4. The normalized spacial score (nSPS) is 10.2. The first-order chi connectivity index (χ1) is 13.0. The lowest BCUT2D eigenvalue weighted by molar-refractivity contribution is -0.129. The number of nitrogens with zero attached hydrogens (tertiary/aromatic N) is 1. The van der Waals surface area contributed by atoms with Crippen molar-refractivity contribution in [2.45, 2.75) is 19.8 Å². The third kappa shape index (κ3) is 6.33. The summed E-state index contributed by atoms with van der Waals surface area (Å²) >= 11 is 0. The standard InChI is InChI=1S/C21H26N2O4/c1-16(24)23(13-11-17-7-5-4-6-8-17)14-12-21(25)22-19-10-9-18(26-2)15-20(19)27-3/h4-10,15H,11-14H2,1-3H3,(H,22,25). The Balaban J connectivity index is 1.89. The van der Waals surface area contributed by atoms with Gasteiger partial charge < -0.3 is 19.7 Å². The van der Waals surface area contributed by atoms with Gasteiger partial charge >= 0.3 is 0 Å². The van der Waals surface area contributed by atoms with Crippen molar-refractivity contribution in [1.29, 1.82) is 0 Å². The Hall–Kier alpha value is -3.02. The van der Waals surface area contributed by atoms with Crippen LogP contribution in [0.2, 0.25) is 0 Å². The molecule has 0 saturated heterocycles. The minimum atomic E-state index is -0.176. The quantitative estimate of drug-likeness (QED) is 0.736. The fourth-order valence-electron chi connectivity index (χ4n) is 2.69. The van der Waals surface area contributed by atoms with Gasteiger partial charge in [-0.25, -0.2) is 0 Å². The first-order valence-corrected chi connectivity index (χ1v) is 8.84. The molecule has 0 bridgehead atoms. The molecule has 0 aromatic heterocycles. The van der Waals surface area contributed by atoms with Gasteiger partial charge in [-0.05, 0) is 24.1 Å². The summed E-state index contributed by atoms with van der Waals surface area (Å²) in [7, 11) is 3.10. The van der Waals surface area contributed by atoms with E-state index < -0.39 is 0 Å². The van der Waals surface area contributed by atoms with Crippen LogP contribution in [0.15, 0.2) is 48.5 Å². The second-order valence-corrected chi connectivity index (χ2v) is 6.11. The summed E-state index contributed by atoms with van der Waals surface area (Å²) in [6.07, 6.45) is 0.970. The van der Waals surface area contributed by atoms with Crippen molar-refractivity contribution in [3.8, 4) is 11.5 Å². The highest BCUT2D eigenvalue weighted by atomic mass is 16.5. The molecule has 2 aromatic carbocycles. The third-order valence-corrected chi connectivity index (χ3v) is 4.25. The van der Waals surface area contributed by atoms with Crippen molar-refractivity contribution in [2.24, 2.45) is 0 Å². The van der Waals surface area contributed by atoms with E-state index in [2.05, 4.69) is 5.32 Å². The number of anilines is 1. The van der Waals surface area contributed by atoms with Gasteiger partial charge in [-0.3, -0.25) is 9.59 Å². The highest BCUT2D eigenvalue weighted by Gasteiger charge is 2.13. The Bertz CT molecular complexity index is 762. The molecule has 2 aromatic rings. The Morgan fingerprint density at radius 1 is 1.00 bits per heavy atom. The Morgan fingerprint density at radius 3 is 2.37 bits per heavy atom. The zero-order valence-electron chi connectivity index (χ0n) is 16.0. The van der Waals surface area contributed by atoms with Gasteiger partial charge in [-0.1, -0.05) is 30.3 Å². The average Bonchev–Trinajstić information content (AvgIpc) is 2.68. The van der Waals surface area contributed by atoms with Crippen LogP contribution >= 0.6 is 0 Å². The smallest absolute Gasteiger partial charge is 0.226 e. The van der Waals surface area contributed by atoms with Crippen molar-refractivity contribution in [2.75, 3.05) is 32.6 Å². The third-order valence-electron chi connectivity index (χ3n) is 4.25. The molecule has 0 saturated carbocycles. The molecule has 0 atom stereocenters. The van der Waals surface area contributed by atoms with E-state index in [0.717, 1.165) is 12.0 Å². The molecule has 1 N–H and O–H groups in total. The van der Waals surface area contributed by atoms with Gasteiger partial charge in [-0.15, -0.1) is 0 Å². The van der Waals surface area contributed by atoms with E-state index in [1.165, 1.54) is 14.0 Å². The number of amides is 2. The predicted molar refractivity (Wildman–Crippen MR) is 105 cm³/mol. The van der Waals surface area contributed by atoms with Gasteiger partial charge in [0.2, 0.25) is 11.8 Å². The second kappa shape index (κ2) is 10.2. The van der Waals surface area contributed by atoms with E-state index in [4.69, 9.17) is 9.47 Å². The highest BCUT2D eigenvalue weighted by Crippen LogP contribution is 2.29. The van der Waals surface area contributed by atoms with Gasteiger partial charge in [0.05, 0.1) is 19.9 Å². The SMILES string of the molecule is COc1ccc(NC(=O)CCN(CCc2ccccc2)C(C)=O)c(OC)c1. The highest BCUT2D eigenvalue weighted by molar-refractivity contribution is 5.92. The summed E-state index contributed by atoms with van der Waals surface area (Å²) in [5.74, 6) is 0.953. The number of methoxy groups -OCH3 is 2. The molecule has 0 aliphatic carbocycles. The summed E-state index contributed by atoms with van der Waals surface area (Å²) in [6.45, 7) is 2.47. The topological polar surface area (TPSA) is 67.9 Å². The lowest BCUT2D eigenvalue weighted by Crippen LogP contribution is -2.33. The van der Waals surface area contributed by atoms with Crippen LogP contribution in [0.3, 0.4) is 0 Å². The Kier molecular flexibility index (Phi) is 7.67. The van der Waals surface area contributed by atoms with Crippen LogP contribution in [0, 0.1) is 0 Å². The van der Waals surface area contributed by atoms with Crippen LogP contribution < -0.4 is 14.8 Å². The fraction of sp³-hybridized carbons (Fsp3) is 0.333. The molecule has 0 heterocycles. The molecule has 0 aliphatic rings. The van der Waals surface area contributed by atoms with Gasteiger partial charge in [0, 0.05) is 32.5 Å². The minimum absolute atomic E-state index is 0.0410. The van der Waals surface area contributed by atoms with Crippen LogP contribution in [0.1, 0.15) is 18.9 Å². The van der Waals surface area contributed by atoms with E-state index in [9.17, 15) is 9.59 Å². The summed E-state index contributed by atoms with van der Waals surface area (Å²) < 4.78 is 10.4. The molecule has 6 heteroatoms. The molecule has 0 aliphatic heterocycles. The number of rotatable bonds is 9. The van der Waals surface area contributed by atoms with Crippen molar-refractivity contribution < 1.29 is 19.1 Å². The first kappa shape index (κ1) is 20.3. The molecular weight excluding hydrogens is 344 g/mol. The maximum absolute atomic E-state index is 12.3. The molecule has 0 fully saturated rings. The van der Waals surface area contributed by atoms with E-state index in [1.807, 2.05) is 30.3 Å². The summed E-state index contributed by atoms with van der Waals surface area (Å²) in [4.78, 5) is 25.9. The lowest BCUT2D eigenvalue weighted by atomic mass is 10.1. The van der Waals surface area contributed by atoms with Crippen LogP contribution in [0.4, 0.5) is 5.69 Å². The predicted octanol–water partition coefficient (Wildman–Crippen LogP) is 3.12. The van der Waals surface area contributed by atoms with Crippen LogP contribution in [0.5, 0.6) is 11.5 Å². The van der Waals surface area contributed by atoms with Crippen LogP contribution in [0.25, 0.3) is 0 Å². The summed E-state index contributed by atoms with van der Waals surface area (Å²) in [5.41, 5.74) is 1.73. The number of benzene rings is 2. The van der Waals surface area contributed by atoms with Gasteiger partial charge in [-0.2, -0.15) is 0 Å². The number of hydrogen-bond donors (Lipinski definition) is 1. The maximum Gasteiger partial charge on any atom is 0.226 e. The molecule has 144 valence electrons. The average molecular weight is 370 g/mol. The minimum Gasteiger partial charge on any atom is -0.497 e. The first-order valence-electron chi connectivity index (χ1n) is 8.84. The van der Waals surface area contributed by atoms with Crippen LogP contribution in [-0.4, -0.2) is 44.0 Å². The van der Waals surface area contributed by atoms with Crippen molar-refractivity contribution in [3.63, 3.8) is 0 Å². The summed E-state index contributed by atoms with van der Waals surface area (Å²) in [6, 6.07) is 15.2. The zero-order chi connectivity index (χ0) is 19.6. The number of carbonyl (C=O) groups is 2. The number of carbonyl (C=O) groups excluding carboxylic acids is 2. The monoisotopic (exact) mass is 370 g/mol. The van der Waals surface area contributed by atoms with E-state index in [1.54, 1.807) is 30.2 Å². The van der Waals surface area contributed by atoms with Gasteiger partial charge in [0.15, 0.2) is 0 Å². The molecule has 0 spiro atoms. The zero-order valence-corrected chi connectivity index (χ0v) is 16.0. The molecule has 0 unspecified atom stereocenters. The largest absolute Gasteiger partial charge is 0.497 e. The Labute approximate surface area is 160 Å².